The molecule has 2 aromatic heterocycles. The molecule has 3 heteroatoms. The average Bonchev–Trinajstić information content (AvgIpc) is 2.04. The number of halogens is 1. The van der Waals surface area contributed by atoms with E-state index in [1.165, 1.54) is 0 Å². The number of hydrogen-bond donors (Lipinski definition) is 0. The van der Waals surface area contributed by atoms with Crippen LogP contribution >= 0.6 is 11.6 Å². The molecule has 0 aromatic carbocycles. The van der Waals surface area contributed by atoms with Crippen LogP contribution in [-0.2, 0) is 0 Å². The third-order valence-corrected chi connectivity index (χ3v) is 1.65. The summed E-state index contributed by atoms with van der Waals surface area (Å²) in [6.45, 7) is 0. The SMILES string of the molecule is Clc1cnc2ccncc2c1. The summed E-state index contributed by atoms with van der Waals surface area (Å²) in [7, 11) is 0. The van der Waals surface area contributed by atoms with Gasteiger partial charge in [0.25, 0.3) is 0 Å². The van der Waals surface area contributed by atoms with Crippen LogP contribution in [0.5, 0.6) is 0 Å². The van der Waals surface area contributed by atoms with Gasteiger partial charge in [0, 0.05) is 24.0 Å². The lowest BCUT2D eigenvalue weighted by Crippen LogP contribution is -1.78. The minimum absolute atomic E-state index is 0.644. The lowest BCUT2D eigenvalue weighted by molar-refractivity contribution is 1.32. The van der Waals surface area contributed by atoms with Crippen LogP contribution in [0.3, 0.4) is 0 Å². The molecule has 2 heterocycles. The fourth-order valence-corrected chi connectivity index (χ4v) is 1.11. The van der Waals surface area contributed by atoms with Crippen molar-refractivity contribution in [3.8, 4) is 0 Å². The van der Waals surface area contributed by atoms with E-state index in [9.17, 15) is 0 Å². The zero-order valence-corrected chi connectivity index (χ0v) is 6.42. The van der Waals surface area contributed by atoms with Crippen LogP contribution in [0.2, 0.25) is 5.02 Å². The number of fused-ring (bicyclic) bond motifs is 1. The third-order valence-electron chi connectivity index (χ3n) is 1.45. The fourth-order valence-electron chi connectivity index (χ4n) is 0.945. The van der Waals surface area contributed by atoms with Gasteiger partial charge in [-0.15, -0.1) is 0 Å². The predicted molar refractivity (Wildman–Crippen MR) is 44.5 cm³/mol. The Balaban J connectivity index is 2.83. The van der Waals surface area contributed by atoms with Gasteiger partial charge in [0.1, 0.15) is 0 Å². The Bertz CT molecular complexity index is 387. The Morgan fingerprint density at radius 3 is 3.09 bits per heavy atom. The summed E-state index contributed by atoms with van der Waals surface area (Å²) in [5.41, 5.74) is 0.921. The van der Waals surface area contributed by atoms with Gasteiger partial charge in [-0.05, 0) is 12.1 Å². The van der Waals surface area contributed by atoms with E-state index in [4.69, 9.17) is 11.6 Å². The second-order valence-corrected chi connectivity index (χ2v) is 2.66. The molecular weight excluding hydrogens is 160 g/mol. The fraction of sp³-hybridized carbons (Fsp3) is 0. The van der Waals surface area contributed by atoms with E-state index in [-0.39, 0.29) is 0 Å². The Morgan fingerprint density at radius 2 is 2.18 bits per heavy atom. The maximum Gasteiger partial charge on any atom is 0.0733 e. The maximum absolute atomic E-state index is 5.73. The van der Waals surface area contributed by atoms with E-state index in [0.717, 1.165) is 10.9 Å². The van der Waals surface area contributed by atoms with Crippen molar-refractivity contribution in [1.82, 2.24) is 9.97 Å². The molecule has 0 atom stereocenters. The largest absolute Gasteiger partial charge is 0.264 e. The van der Waals surface area contributed by atoms with Crippen LogP contribution in [0.1, 0.15) is 0 Å². The van der Waals surface area contributed by atoms with Gasteiger partial charge < -0.3 is 0 Å². The van der Waals surface area contributed by atoms with Crippen LogP contribution in [0.4, 0.5) is 0 Å². The Morgan fingerprint density at radius 1 is 1.27 bits per heavy atom. The van der Waals surface area contributed by atoms with Gasteiger partial charge in [-0.2, -0.15) is 0 Å². The quantitative estimate of drug-likeness (QED) is 0.597. The van der Waals surface area contributed by atoms with E-state index in [1.54, 1.807) is 18.6 Å². The molecule has 0 spiro atoms. The highest BCUT2D eigenvalue weighted by molar-refractivity contribution is 6.31. The molecule has 0 fully saturated rings. The van der Waals surface area contributed by atoms with Gasteiger partial charge in [-0.1, -0.05) is 11.6 Å². The molecule has 2 nitrogen and oxygen atoms in total. The highest BCUT2D eigenvalue weighted by Gasteiger charge is 1.93. The molecule has 2 rings (SSSR count). The van der Waals surface area contributed by atoms with Crippen molar-refractivity contribution in [1.29, 1.82) is 0 Å². The van der Waals surface area contributed by atoms with Gasteiger partial charge in [0.15, 0.2) is 0 Å². The van der Waals surface area contributed by atoms with Gasteiger partial charge in [-0.3, -0.25) is 9.97 Å². The molecule has 0 saturated heterocycles. The van der Waals surface area contributed by atoms with Crippen molar-refractivity contribution < 1.29 is 0 Å². The lowest BCUT2D eigenvalue weighted by Gasteiger charge is -1.94. The average molecular weight is 165 g/mol. The van der Waals surface area contributed by atoms with Crippen molar-refractivity contribution >= 4 is 22.5 Å². The number of aromatic nitrogens is 2. The first-order chi connectivity index (χ1) is 5.36. The summed E-state index contributed by atoms with van der Waals surface area (Å²) < 4.78 is 0. The Labute approximate surface area is 68.9 Å². The zero-order chi connectivity index (χ0) is 7.68. The highest BCUT2D eigenvalue weighted by Crippen LogP contribution is 2.14. The minimum Gasteiger partial charge on any atom is -0.264 e. The standard InChI is InChI=1S/C8H5ClN2/c9-7-3-6-4-10-2-1-8(6)11-5-7/h1-5H. The predicted octanol–water partition coefficient (Wildman–Crippen LogP) is 2.28. The van der Waals surface area contributed by atoms with E-state index in [0.29, 0.717) is 5.02 Å². The molecule has 0 aliphatic heterocycles. The van der Waals surface area contributed by atoms with Gasteiger partial charge in [-0.25, -0.2) is 0 Å². The molecule has 0 saturated carbocycles. The monoisotopic (exact) mass is 164 g/mol. The topological polar surface area (TPSA) is 25.8 Å². The van der Waals surface area contributed by atoms with Crippen molar-refractivity contribution in [3.63, 3.8) is 0 Å². The maximum atomic E-state index is 5.73. The van der Waals surface area contributed by atoms with Gasteiger partial charge in [0.2, 0.25) is 0 Å². The van der Waals surface area contributed by atoms with Crippen LogP contribution in [0.25, 0.3) is 10.9 Å². The number of hydrogen-bond acceptors (Lipinski definition) is 2. The summed E-state index contributed by atoms with van der Waals surface area (Å²) in [5, 5.41) is 1.62. The third kappa shape index (κ3) is 1.17. The van der Waals surface area contributed by atoms with E-state index >= 15 is 0 Å². The first kappa shape index (κ1) is 6.55. The van der Waals surface area contributed by atoms with Crippen molar-refractivity contribution in [2.45, 2.75) is 0 Å². The molecule has 2 aromatic rings. The molecule has 0 aliphatic carbocycles. The first-order valence-corrected chi connectivity index (χ1v) is 3.59. The van der Waals surface area contributed by atoms with Crippen molar-refractivity contribution in [2.75, 3.05) is 0 Å². The molecule has 0 N–H and O–H groups in total. The van der Waals surface area contributed by atoms with Crippen molar-refractivity contribution in [2.24, 2.45) is 0 Å². The van der Waals surface area contributed by atoms with E-state index in [1.807, 2.05) is 12.1 Å². The zero-order valence-electron chi connectivity index (χ0n) is 5.66. The number of pyridine rings is 2. The molecule has 0 aliphatic rings. The number of rotatable bonds is 0. The molecule has 0 amide bonds. The number of nitrogens with zero attached hydrogens (tertiary/aromatic N) is 2. The molecule has 0 unspecified atom stereocenters. The smallest absolute Gasteiger partial charge is 0.0733 e. The van der Waals surface area contributed by atoms with Crippen LogP contribution < -0.4 is 0 Å². The molecular formula is C8H5ClN2. The first-order valence-electron chi connectivity index (χ1n) is 3.21. The minimum atomic E-state index is 0.644. The summed E-state index contributed by atoms with van der Waals surface area (Å²) >= 11 is 5.73. The van der Waals surface area contributed by atoms with Crippen LogP contribution in [-0.4, -0.2) is 9.97 Å². The van der Waals surface area contributed by atoms with E-state index in [2.05, 4.69) is 9.97 Å². The van der Waals surface area contributed by atoms with Crippen LogP contribution in [0.15, 0.2) is 30.7 Å². The molecule has 11 heavy (non-hydrogen) atoms. The van der Waals surface area contributed by atoms with Gasteiger partial charge >= 0.3 is 0 Å². The van der Waals surface area contributed by atoms with Gasteiger partial charge in [0.05, 0.1) is 10.5 Å². The molecule has 0 bridgehead atoms. The summed E-state index contributed by atoms with van der Waals surface area (Å²) in [6, 6.07) is 3.70. The van der Waals surface area contributed by atoms with E-state index < -0.39 is 0 Å². The summed E-state index contributed by atoms with van der Waals surface area (Å²) in [4.78, 5) is 8.06. The normalized spacial score (nSPS) is 10.3. The highest BCUT2D eigenvalue weighted by atomic mass is 35.5. The molecule has 0 radical (unpaired) electrons. The molecule has 54 valence electrons. The van der Waals surface area contributed by atoms with Crippen LogP contribution in [0, 0.1) is 0 Å². The van der Waals surface area contributed by atoms with Crippen molar-refractivity contribution in [3.05, 3.63) is 35.7 Å². The lowest BCUT2D eigenvalue weighted by atomic mass is 10.3. The summed E-state index contributed by atoms with van der Waals surface area (Å²) in [5.74, 6) is 0. The second kappa shape index (κ2) is 2.47. The second-order valence-electron chi connectivity index (χ2n) is 2.22. The summed E-state index contributed by atoms with van der Waals surface area (Å²) in [6.07, 6.45) is 5.08. The Hall–Kier alpha value is -1.15. The Kier molecular flexibility index (Phi) is 1.47.